The van der Waals surface area contributed by atoms with Gasteiger partial charge >= 0.3 is 0 Å². The van der Waals surface area contributed by atoms with E-state index in [4.69, 9.17) is 9.72 Å². The second-order valence-electron chi connectivity index (χ2n) is 10.6. The van der Waals surface area contributed by atoms with Crippen LogP contribution in [0.3, 0.4) is 0 Å². The number of likely N-dealkylation sites (N-methyl/N-ethyl adjacent to an activating group) is 1. The highest BCUT2D eigenvalue weighted by molar-refractivity contribution is 5.97. The first kappa shape index (κ1) is 20.9. The fraction of sp³-hybridized carbons (Fsp3) is 0.560. The van der Waals surface area contributed by atoms with Gasteiger partial charge in [-0.1, -0.05) is 6.92 Å². The van der Waals surface area contributed by atoms with Crippen LogP contribution in [0.25, 0.3) is 22.6 Å². The second-order valence-corrected chi connectivity index (χ2v) is 10.6. The first-order chi connectivity index (χ1) is 15.8. The normalized spacial score (nSPS) is 26.8. The summed E-state index contributed by atoms with van der Waals surface area (Å²) < 4.78 is 5.60. The number of hydrogen-bond acceptors (Lipinski definition) is 5. The molecular formula is C25H32N6O2. The van der Waals surface area contributed by atoms with Crippen LogP contribution in [0.1, 0.15) is 37.1 Å². The first-order valence-corrected chi connectivity index (χ1v) is 12.0. The number of carbonyl (C=O) groups is 1. The molecule has 0 unspecified atom stereocenters. The van der Waals surface area contributed by atoms with E-state index in [9.17, 15) is 4.79 Å². The van der Waals surface area contributed by atoms with Crippen LogP contribution in [0, 0.1) is 18.3 Å². The molecule has 3 atom stereocenters. The van der Waals surface area contributed by atoms with E-state index in [1.54, 1.807) is 4.90 Å². The Bertz CT molecular complexity index is 1250. The number of fused-ring (bicyclic) bond motifs is 3. The van der Waals surface area contributed by atoms with Gasteiger partial charge in [-0.05, 0) is 62.1 Å². The summed E-state index contributed by atoms with van der Waals surface area (Å²) in [6.07, 6.45) is 3.63. The summed E-state index contributed by atoms with van der Waals surface area (Å²) in [5.74, 6) is 1.66. The number of nitrogens with one attached hydrogen (secondary N) is 2. The number of hydrogen-bond donors (Lipinski definition) is 2. The minimum atomic E-state index is 0.0798. The summed E-state index contributed by atoms with van der Waals surface area (Å²) in [5, 5.41) is 7.90. The molecule has 174 valence electrons. The van der Waals surface area contributed by atoms with Crippen LogP contribution in [0.2, 0.25) is 0 Å². The van der Waals surface area contributed by atoms with Crippen molar-refractivity contribution >= 4 is 22.6 Å². The lowest BCUT2D eigenvalue weighted by Crippen LogP contribution is -2.46. The van der Waals surface area contributed by atoms with Gasteiger partial charge < -0.3 is 14.6 Å². The number of nitrogens with zero attached hydrogens (tertiary/aromatic N) is 4. The third kappa shape index (κ3) is 3.56. The van der Waals surface area contributed by atoms with Crippen molar-refractivity contribution in [1.82, 2.24) is 25.1 Å². The van der Waals surface area contributed by atoms with Gasteiger partial charge in [-0.2, -0.15) is 5.10 Å². The van der Waals surface area contributed by atoms with Crippen molar-refractivity contribution in [1.29, 1.82) is 0 Å². The predicted molar refractivity (Wildman–Crippen MR) is 127 cm³/mol. The average molecular weight is 449 g/mol. The second kappa shape index (κ2) is 7.40. The quantitative estimate of drug-likeness (QED) is 0.640. The molecule has 3 aliphatic rings. The van der Waals surface area contributed by atoms with Crippen molar-refractivity contribution in [2.75, 3.05) is 38.2 Å². The van der Waals surface area contributed by atoms with Crippen molar-refractivity contribution in [3.63, 3.8) is 0 Å². The number of imidazole rings is 1. The molecule has 2 fully saturated rings. The van der Waals surface area contributed by atoms with Crippen LogP contribution in [0.5, 0.6) is 0 Å². The standard InChI is InChI=1S/C25H32N6O2/c1-14-7-18-19(9-21(14)30(4)22(32)13-31-5-6-33-15(2)12-31)27-24(26-18)23-17-8-16-10-25(16,3)11-20(17)28-29-23/h7,9,15-16H,5-6,8,10-13H2,1-4H3,(H,26,27)(H,28,29)/t15-,16+,25+/m0/s1. The molecule has 8 heteroatoms. The molecule has 6 rings (SSSR count). The number of carbonyl (C=O) groups excluding carboxylic acids is 1. The molecule has 3 heterocycles. The highest BCUT2D eigenvalue weighted by Crippen LogP contribution is 2.59. The Balaban J connectivity index is 1.26. The molecule has 2 aliphatic carbocycles. The van der Waals surface area contributed by atoms with Crippen LogP contribution in [-0.4, -0.2) is 70.4 Å². The van der Waals surface area contributed by atoms with Crippen molar-refractivity contribution in [3.8, 4) is 11.5 Å². The number of aromatic amines is 2. The van der Waals surface area contributed by atoms with E-state index in [1.165, 1.54) is 17.7 Å². The van der Waals surface area contributed by atoms with Crippen molar-refractivity contribution in [2.45, 2.75) is 46.1 Å². The number of morpholine rings is 1. The monoisotopic (exact) mass is 448 g/mol. The van der Waals surface area contributed by atoms with Crippen molar-refractivity contribution in [2.24, 2.45) is 11.3 Å². The number of benzene rings is 1. The zero-order valence-electron chi connectivity index (χ0n) is 19.9. The minimum Gasteiger partial charge on any atom is -0.376 e. The van der Waals surface area contributed by atoms with Gasteiger partial charge in [0, 0.05) is 37.1 Å². The van der Waals surface area contributed by atoms with Crippen molar-refractivity contribution in [3.05, 3.63) is 29.0 Å². The Labute approximate surface area is 193 Å². The highest BCUT2D eigenvalue weighted by atomic mass is 16.5. The summed E-state index contributed by atoms with van der Waals surface area (Å²) in [7, 11) is 1.85. The van der Waals surface area contributed by atoms with E-state index in [0.717, 1.165) is 65.7 Å². The molecule has 2 aromatic heterocycles. The van der Waals surface area contributed by atoms with Crippen LogP contribution < -0.4 is 4.90 Å². The summed E-state index contributed by atoms with van der Waals surface area (Å²) in [6, 6.07) is 4.10. The van der Waals surface area contributed by atoms with Gasteiger partial charge in [0.2, 0.25) is 5.91 Å². The molecule has 3 aromatic rings. The van der Waals surface area contributed by atoms with Gasteiger partial charge in [0.25, 0.3) is 0 Å². The molecule has 0 spiro atoms. The summed E-state index contributed by atoms with van der Waals surface area (Å²) in [5.41, 5.74) is 7.76. The predicted octanol–water partition coefficient (Wildman–Crippen LogP) is 3.07. The number of ether oxygens (including phenoxy) is 1. The molecule has 1 saturated heterocycles. The van der Waals surface area contributed by atoms with E-state index < -0.39 is 0 Å². The highest BCUT2D eigenvalue weighted by Gasteiger charge is 2.53. The number of rotatable bonds is 4. The number of aryl methyl sites for hydroxylation is 1. The lowest BCUT2D eigenvalue weighted by atomic mass is 9.88. The number of aromatic nitrogens is 4. The molecule has 1 aliphatic heterocycles. The third-order valence-corrected chi connectivity index (χ3v) is 7.97. The Morgan fingerprint density at radius 1 is 1.39 bits per heavy atom. The SMILES string of the molecule is Cc1cc2[nH]c(-c3n[nH]c4c3C[C@@H]3C[C@]3(C)C4)nc2cc1N(C)C(=O)CN1CCO[C@@H](C)C1. The van der Waals surface area contributed by atoms with Gasteiger partial charge in [0.15, 0.2) is 5.82 Å². The largest absolute Gasteiger partial charge is 0.376 e. The van der Waals surface area contributed by atoms with Crippen LogP contribution in [-0.2, 0) is 22.4 Å². The summed E-state index contributed by atoms with van der Waals surface area (Å²) >= 11 is 0. The molecule has 1 amide bonds. The Morgan fingerprint density at radius 3 is 3.06 bits per heavy atom. The molecule has 2 N–H and O–H groups in total. The van der Waals surface area contributed by atoms with Gasteiger partial charge in [-0.15, -0.1) is 0 Å². The maximum absolute atomic E-state index is 13.0. The number of anilines is 1. The van der Waals surface area contributed by atoms with E-state index >= 15 is 0 Å². The third-order valence-electron chi connectivity index (χ3n) is 7.97. The van der Waals surface area contributed by atoms with Crippen LogP contribution >= 0.6 is 0 Å². The number of H-pyrrole nitrogens is 2. The average Bonchev–Trinajstić information content (AvgIpc) is 3.05. The fourth-order valence-electron chi connectivity index (χ4n) is 5.75. The minimum absolute atomic E-state index is 0.0798. The topological polar surface area (TPSA) is 90.1 Å². The molecule has 0 radical (unpaired) electrons. The lowest BCUT2D eigenvalue weighted by Gasteiger charge is -2.32. The Kier molecular flexibility index (Phi) is 4.68. The van der Waals surface area contributed by atoms with E-state index in [2.05, 4.69) is 33.1 Å². The molecular weight excluding hydrogens is 416 g/mol. The molecule has 0 bridgehead atoms. The van der Waals surface area contributed by atoms with Crippen LogP contribution in [0.4, 0.5) is 5.69 Å². The summed E-state index contributed by atoms with van der Waals surface area (Å²) in [6.45, 7) is 9.12. The van der Waals surface area contributed by atoms with Gasteiger partial charge in [-0.25, -0.2) is 4.98 Å². The molecule has 1 saturated carbocycles. The maximum atomic E-state index is 13.0. The van der Waals surface area contributed by atoms with Crippen LogP contribution in [0.15, 0.2) is 12.1 Å². The first-order valence-electron chi connectivity index (χ1n) is 12.0. The smallest absolute Gasteiger partial charge is 0.240 e. The molecule has 8 nitrogen and oxygen atoms in total. The number of amides is 1. The van der Waals surface area contributed by atoms with E-state index in [0.29, 0.717) is 18.6 Å². The van der Waals surface area contributed by atoms with E-state index in [-0.39, 0.29) is 12.0 Å². The molecule has 1 aromatic carbocycles. The van der Waals surface area contributed by atoms with E-state index in [1.807, 2.05) is 27.0 Å². The van der Waals surface area contributed by atoms with Gasteiger partial charge in [0.05, 0.1) is 30.3 Å². The summed E-state index contributed by atoms with van der Waals surface area (Å²) in [4.78, 5) is 25.3. The van der Waals surface area contributed by atoms with Gasteiger partial charge in [-0.3, -0.25) is 14.8 Å². The lowest BCUT2D eigenvalue weighted by molar-refractivity contribution is -0.121. The van der Waals surface area contributed by atoms with Crippen molar-refractivity contribution < 1.29 is 9.53 Å². The molecule has 33 heavy (non-hydrogen) atoms. The fourth-order valence-corrected chi connectivity index (χ4v) is 5.75. The zero-order chi connectivity index (χ0) is 22.9. The Hall–Kier alpha value is -2.71. The zero-order valence-corrected chi connectivity index (χ0v) is 19.9. The van der Waals surface area contributed by atoms with Gasteiger partial charge in [0.1, 0.15) is 5.69 Å². The maximum Gasteiger partial charge on any atom is 0.240 e. The Morgan fingerprint density at radius 2 is 2.24 bits per heavy atom.